The monoisotopic (exact) mass is 551 g/mol. The fourth-order valence-electron chi connectivity index (χ4n) is 5.33. The summed E-state index contributed by atoms with van der Waals surface area (Å²) in [5.41, 5.74) is 3.26. The number of likely N-dealkylation sites (N-methyl/N-ethyl adjacent to an activating group) is 1. The highest BCUT2D eigenvalue weighted by atomic mass is 16.5. The summed E-state index contributed by atoms with van der Waals surface area (Å²) >= 11 is 0. The van der Waals surface area contributed by atoms with Crippen molar-refractivity contribution in [2.45, 2.75) is 53.4 Å². The number of anilines is 3. The molecule has 0 saturated carbocycles. The number of nitrogens with one attached hydrogen (secondary N) is 2. The molecule has 0 aromatic heterocycles. The van der Waals surface area contributed by atoms with E-state index in [0.29, 0.717) is 17.8 Å². The fourth-order valence-corrected chi connectivity index (χ4v) is 5.33. The first-order valence-corrected chi connectivity index (χ1v) is 15.0. The first-order chi connectivity index (χ1) is 19.4. The van der Waals surface area contributed by atoms with E-state index < -0.39 is 0 Å². The van der Waals surface area contributed by atoms with E-state index in [4.69, 9.17) is 4.74 Å². The Labute approximate surface area is 241 Å². The van der Waals surface area contributed by atoms with Crippen LogP contribution in [0, 0.1) is 5.92 Å². The third kappa shape index (κ3) is 8.37. The predicted octanol–water partition coefficient (Wildman–Crippen LogP) is 5.25. The van der Waals surface area contributed by atoms with Crippen molar-refractivity contribution in [2.75, 3.05) is 74.6 Å². The maximum absolute atomic E-state index is 13.5. The van der Waals surface area contributed by atoms with E-state index in [9.17, 15) is 9.59 Å². The molecule has 1 unspecified atom stereocenters. The quantitative estimate of drug-likeness (QED) is 0.315. The van der Waals surface area contributed by atoms with Gasteiger partial charge in [0.25, 0.3) is 5.91 Å². The molecule has 0 bridgehead atoms. The van der Waals surface area contributed by atoms with Crippen LogP contribution < -0.4 is 25.2 Å². The van der Waals surface area contributed by atoms with E-state index >= 15 is 0 Å². The second-order valence-corrected chi connectivity index (χ2v) is 10.4. The maximum atomic E-state index is 13.5. The molecule has 8 nitrogen and oxygen atoms in total. The van der Waals surface area contributed by atoms with Gasteiger partial charge in [0.1, 0.15) is 5.75 Å². The maximum Gasteiger partial charge on any atom is 0.253 e. The number of nitrogens with zero attached hydrogens (tertiary/aromatic N) is 3. The van der Waals surface area contributed by atoms with Gasteiger partial charge in [0, 0.05) is 56.6 Å². The minimum atomic E-state index is -0.108. The number of carbonyl (C=O) groups excluding carboxylic acids is 2. The molecule has 0 spiro atoms. The van der Waals surface area contributed by atoms with Crippen LogP contribution in [-0.2, 0) is 4.79 Å². The molecular formula is C32H49N5O3. The number of methoxy groups -OCH3 is 1. The number of hydrogen-bond donors (Lipinski definition) is 2. The molecular weight excluding hydrogens is 502 g/mol. The van der Waals surface area contributed by atoms with E-state index in [-0.39, 0.29) is 17.7 Å². The van der Waals surface area contributed by atoms with Gasteiger partial charge in [-0.05, 0) is 56.3 Å². The van der Waals surface area contributed by atoms with Gasteiger partial charge in [-0.25, -0.2) is 0 Å². The number of hydrogen-bond acceptors (Lipinski definition) is 6. The zero-order chi connectivity index (χ0) is 28.9. The Morgan fingerprint density at radius 1 is 0.950 bits per heavy atom. The molecule has 220 valence electrons. The number of rotatable bonds is 15. The summed E-state index contributed by atoms with van der Waals surface area (Å²) < 4.78 is 5.58. The lowest BCUT2D eigenvalue weighted by Gasteiger charge is -2.38. The van der Waals surface area contributed by atoms with E-state index in [2.05, 4.69) is 59.1 Å². The number of unbranched alkanes of at least 4 members (excludes halogenated alkanes) is 1. The van der Waals surface area contributed by atoms with Crippen LogP contribution in [0.25, 0.3) is 0 Å². The van der Waals surface area contributed by atoms with Crippen LogP contribution in [0.4, 0.5) is 17.1 Å². The fraction of sp³-hybridized carbons (Fsp3) is 0.562. The lowest BCUT2D eigenvalue weighted by atomic mass is 9.98. The van der Waals surface area contributed by atoms with Gasteiger partial charge >= 0.3 is 0 Å². The molecule has 1 saturated heterocycles. The molecule has 3 rings (SSSR count). The molecule has 40 heavy (non-hydrogen) atoms. The highest BCUT2D eigenvalue weighted by molar-refractivity contribution is 6.02. The van der Waals surface area contributed by atoms with Crippen molar-refractivity contribution in [3.63, 3.8) is 0 Å². The molecule has 8 heteroatoms. The molecule has 2 N–H and O–H groups in total. The topological polar surface area (TPSA) is 77.1 Å². The zero-order valence-corrected chi connectivity index (χ0v) is 25.2. The van der Waals surface area contributed by atoms with Crippen LogP contribution in [0.1, 0.15) is 63.7 Å². The van der Waals surface area contributed by atoms with E-state index in [1.165, 1.54) is 0 Å². The third-order valence-electron chi connectivity index (χ3n) is 7.93. The summed E-state index contributed by atoms with van der Waals surface area (Å²) in [6.07, 6.45) is 3.79. The smallest absolute Gasteiger partial charge is 0.253 e. The van der Waals surface area contributed by atoms with Gasteiger partial charge in [-0.2, -0.15) is 0 Å². The van der Waals surface area contributed by atoms with Crippen molar-refractivity contribution in [2.24, 2.45) is 5.92 Å². The molecule has 2 aromatic rings. The molecule has 2 amide bonds. The molecule has 2 aromatic carbocycles. The molecule has 0 aliphatic carbocycles. The number of carbonyl (C=O) groups is 2. The van der Waals surface area contributed by atoms with Crippen LogP contribution in [-0.4, -0.2) is 76.2 Å². The third-order valence-corrected chi connectivity index (χ3v) is 7.93. The van der Waals surface area contributed by atoms with Crippen molar-refractivity contribution < 1.29 is 14.3 Å². The first-order valence-electron chi connectivity index (χ1n) is 15.0. The minimum absolute atomic E-state index is 0.0194. The lowest BCUT2D eigenvalue weighted by Crippen LogP contribution is -2.47. The number of amides is 2. The Morgan fingerprint density at radius 3 is 2.25 bits per heavy atom. The van der Waals surface area contributed by atoms with Crippen LogP contribution >= 0.6 is 0 Å². The van der Waals surface area contributed by atoms with E-state index in [0.717, 1.165) is 88.6 Å². The Bertz CT molecular complexity index is 1080. The molecule has 1 aliphatic rings. The van der Waals surface area contributed by atoms with Crippen LogP contribution in [0.5, 0.6) is 5.75 Å². The average Bonchev–Trinajstić information content (AvgIpc) is 2.99. The van der Waals surface area contributed by atoms with Gasteiger partial charge < -0.3 is 30.1 Å². The average molecular weight is 552 g/mol. The molecule has 0 radical (unpaired) electrons. The van der Waals surface area contributed by atoms with Gasteiger partial charge in [0.05, 0.1) is 18.4 Å². The standard InChI is InChI=1S/C32H49N5O3/c1-6-10-13-25(7-2)31(38)34-26-16-17-28(27(24-26)32(39)33-18-19-35(8-3)9-4)36-20-22-37(23-21-36)29-14-11-12-15-30(29)40-5/h11-12,14-17,24-25H,6-10,13,18-23H2,1-5H3,(H,33,39)(H,34,38). The second-order valence-electron chi connectivity index (χ2n) is 10.4. The zero-order valence-electron chi connectivity index (χ0n) is 25.2. The van der Waals surface area contributed by atoms with Crippen molar-refractivity contribution in [1.29, 1.82) is 0 Å². The molecule has 1 fully saturated rings. The van der Waals surface area contributed by atoms with Crippen LogP contribution in [0.15, 0.2) is 42.5 Å². The molecule has 1 heterocycles. The Kier molecular flexibility index (Phi) is 12.6. The number of para-hydroxylation sites is 2. The van der Waals surface area contributed by atoms with Crippen molar-refractivity contribution >= 4 is 28.9 Å². The summed E-state index contributed by atoms with van der Waals surface area (Å²) in [5.74, 6) is 0.771. The van der Waals surface area contributed by atoms with Gasteiger partial charge in [-0.15, -0.1) is 0 Å². The second kappa shape index (κ2) is 16.1. The minimum Gasteiger partial charge on any atom is -0.495 e. The van der Waals surface area contributed by atoms with Gasteiger partial charge in [-0.1, -0.05) is 52.7 Å². The van der Waals surface area contributed by atoms with E-state index in [1.807, 2.05) is 36.4 Å². The van der Waals surface area contributed by atoms with Gasteiger partial charge in [0.2, 0.25) is 5.91 Å². The Hall–Kier alpha value is -3.26. The first kappa shape index (κ1) is 31.3. The normalized spacial score (nSPS) is 14.2. The highest BCUT2D eigenvalue weighted by Gasteiger charge is 2.24. The van der Waals surface area contributed by atoms with Crippen molar-refractivity contribution in [3.8, 4) is 5.75 Å². The van der Waals surface area contributed by atoms with Crippen LogP contribution in [0.3, 0.4) is 0 Å². The predicted molar refractivity (Wildman–Crippen MR) is 166 cm³/mol. The van der Waals surface area contributed by atoms with Gasteiger partial charge in [0.15, 0.2) is 0 Å². The number of piperazine rings is 1. The lowest BCUT2D eigenvalue weighted by molar-refractivity contribution is -0.120. The summed E-state index contributed by atoms with van der Waals surface area (Å²) in [5, 5.41) is 6.22. The van der Waals surface area contributed by atoms with Crippen LogP contribution in [0.2, 0.25) is 0 Å². The van der Waals surface area contributed by atoms with Crippen molar-refractivity contribution in [3.05, 3.63) is 48.0 Å². The number of ether oxygens (including phenoxy) is 1. The Morgan fingerprint density at radius 2 is 1.62 bits per heavy atom. The summed E-state index contributed by atoms with van der Waals surface area (Å²) in [7, 11) is 1.70. The van der Waals surface area contributed by atoms with E-state index in [1.54, 1.807) is 7.11 Å². The highest BCUT2D eigenvalue weighted by Crippen LogP contribution is 2.31. The SMILES string of the molecule is CCCCC(CC)C(=O)Nc1ccc(N2CCN(c3ccccc3OC)CC2)c(C(=O)NCCN(CC)CC)c1. The molecule has 1 aliphatic heterocycles. The number of benzene rings is 2. The summed E-state index contributed by atoms with van der Waals surface area (Å²) in [6.45, 7) is 14.9. The summed E-state index contributed by atoms with van der Waals surface area (Å²) in [6, 6.07) is 13.9. The largest absolute Gasteiger partial charge is 0.495 e. The summed E-state index contributed by atoms with van der Waals surface area (Å²) in [4.78, 5) is 33.4. The Balaban J connectivity index is 1.78. The van der Waals surface area contributed by atoms with Crippen molar-refractivity contribution in [1.82, 2.24) is 10.2 Å². The molecule has 1 atom stereocenters. The van der Waals surface area contributed by atoms with Gasteiger partial charge in [-0.3, -0.25) is 9.59 Å².